The van der Waals surface area contributed by atoms with E-state index in [1.807, 2.05) is 27.1 Å². The number of nitrogens with zero attached hydrogens (tertiary/aromatic N) is 4. The molecule has 6 heteroatoms. The van der Waals surface area contributed by atoms with Crippen molar-refractivity contribution >= 4 is 0 Å². The van der Waals surface area contributed by atoms with Gasteiger partial charge < -0.3 is 15.0 Å². The Morgan fingerprint density at radius 2 is 1.71 bits per heavy atom. The van der Waals surface area contributed by atoms with Gasteiger partial charge in [-0.15, -0.1) is 5.10 Å². The average molecular weight is 300 g/mol. The third-order valence-electron chi connectivity index (χ3n) is 4.21. The fourth-order valence-corrected chi connectivity index (χ4v) is 1.59. The molecule has 0 radical (unpaired) electrons. The monoisotopic (exact) mass is 300 g/mol. The molecule has 0 aliphatic rings. The molecule has 0 unspecified atom stereocenters. The molecule has 0 spiro atoms. The van der Waals surface area contributed by atoms with Crippen LogP contribution in [0.2, 0.25) is 0 Å². The molecule has 0 saturated carbocycles. The van der Waals surface area contributed by atoms with Crippen LogP contribution >= 0.6 is 0 Å². The van der Waals surface area contributed by atoms with Gasteiger partial charge in [-0.3, -0.25) is 4.68 Å². The molecule has 21 heavy (non-hydrogen) atoms. The number of rotatable bonds is 6. The van der Waals surface area contributed by atoms with E-state index in [4.69, 9.17) is 4.74 Å². The molecule has 0 fully saturated rings. The van der Waals surface area contributed by atoms with Crippen molar-refractivity contribution in [2.45, 2.75) is 45.3 Å². The van der Waals surface area contributed by atoms with Crippen LogP contribution in [-0.2, 0) is 17.4 Å². The van der Waals surface area contributed by atoms with Crippen LogP contribution in [0.25, 0.3) is 0 Å². The molecule has 1 aromatic rings. The first-order valence-corrected chi connectivity index (χ1v) is 7.36. The van der Waals surface area contributed by atoms with Crippen molar-refractivity contribution in [1.82, 2.24) is 15.0 Å². The fourth-order valence-electron chi connectivity index (χ4n) is 1.59. The molecule has 6 nitrogen and oxygen atoms in total. The van der Waals surface area contributed by atoms with E-state index >= 15 is 0 Å². The number of hydrogen-bond donors (Lipinski definition) is 1. The molecule has 0 amide bonds. The number of aromatic nitrogens is 3. The second-order valence-electron chi connectivity index (χ2n) is 7.21. The molecule has 0 aromatic carbocycles. The molecule has 0 bridgehead atoms. The van der Waals surface area contributed by atoms with Gasteiger partial charge in [-0.2, -0.15) is 0 Å². The maximum atomic E-state index is 6.03. The molecule has 0 aliphatic carbocycles. The topological polar surface area (TPSA) is 66.0 Å². The van der Waals surface area contributed by atoms with Crippen LogP contribution < -0.4 is 5.73 Å². The summed E-state index contributed by atoms with van der Waals surface area (Å²) in [4.78, 5) is 0. The Labute approximate surface area is 129 Å². The highest BCUT2D eigenvalue weighted by atomic mass is 16.5. The van der Waals surface area contributed by atoms with Gasteiger partial charge in [-0.05, 0) is 34.7 Å². The van der Waals surface area contributed by atoms with Crippen LogP contribution in [0, 0.1) is 0 Å². The van der Waals surface area contributed by atoms with Gasteiger partial charge in [-0.1, -0.05) is 5.21 Å². The minimum absolute atomic E-state index is 0.179. The van der Waals surface area contributed by atoms with Gasteiger partial charge in [0.1, 0.15) is 11.3 Å². The van der Waals surface area contributed by atoms with E-state index in [1.165, 1.54) is 7.05 Å². The summed E-state index contributed by atoms with van der Waals surface area (Å²) in [7, 11) is 10.0. The lowest BCUT2D eigenvalue weighted by Gasteiger charge is -2.42. The van der Waals surface area contributed by atoms with Crippen molar-refractivity contribution in [3.63, 3.8) is 0 Å². The van der Waals surface area contributed by atoms with Gasteiger partial charge in [0.2, 0.25) is 0 Å². The quantitative estimate of drug-likeness (QED) is 0.809. The van der Waals surface area contributed by atoms with Crippen LogP contribution in [-0.4, -0.2) is 59.8 Å². The molecule has 1 rings (SSSR count). The fraction of sp³-hybridized carbons (Fsp3) is 0.867. The van der Waals surface area contributed by atoms with Crippen LogP contribution in [0.1, 0.15) is 39.8 Å². The van der Waals surface area contributed by atoms with Crippen molar-refractivity contribution in [2.24, 2.45) is 12.8 Å². The highest BCUT2D eigenvalue weighted by Gasteiger charge is 2.33. The Hall–Kier alpha value is -0.980. The Morgan fingerprint density at radius 3 is 2.10 bits per heavy atom. The Kier molecular flexibility index (Phi) is 6.99. The molecule has 2 N–H and O–H groups in total. The summed E-state index contributed by atoms with van der Waals surface area (Å²) in [5.74, 6) is 0. The molecule has 124 valence electrons. The molecule has 0 atom stereocenters. The zero-order chi connectivity index (χ0) is 16.9. The lowest BCUT2D eigenvalue weighted by Crippen LogP contribution is -2.53. The zero-order valence-corrected chi connectivity index (χ0v) is 15.3. The van der Waals surface area contributed by atoms with E-state index < -0.39 is 5.60 Å². The smallest absolute Gasteiger partial charge is 0.114 e. The standard InChI is InChI=1S/C14H29N4O.CH5N/c1-13(2,18(6,7)8)9-10-19-14(3,4)12-11-17(5)16-15-12;1-2/h11H,9-10H2,1-8H3;2H2,1H3/q+1;. The predicted octanol–water partition coefficient (Wildman–Crippen LogP) is 1.52. The number of nitrogens with two attached hydrogens (primary N) is 1. The minimum atomic E-state index is -0.394. The second kappa shape index (κ2) is 7.33. The summed E-state index contributed by atoms with van der Waals surface area (Å²) in [6.45, 7) is 9.33. The highest BCUT2D eigenvalue weighted by molar-refractivity contribution is 5.03. The van der Waals surface area contributed by atoms with Crippen molar-refractivity contribution in [1.29, 1.82) is 0 Å². The molecular formula is C15H34N5O+. The predicted molar refractivity (Wildman–Crippen MR) is 86.8 cm³/mol. The lowest BCUT2D eigenvalue weighted by molar-refractivity contribution is -0.920. The molecule has 1 aromatic heterocycles. The maximum absolute atomic E-state index is 6.03. The van der Waals surface area contributed by atoms with E-state index in [1.54, 1.807) is 4.68 Å². The average Bonchev–Trinajstić information content (AvgIpc) is 2.77. The first kappa shape index (κ1) is 20.0. The minimum Gasteiger partial charge on any atom is -0.369 e. The summed E-state index contributed by atoms with van der Waals surface area (Å²) in [6, 6.07) is 0. The van der Waals surface area contributed by atoms with E-state index in [-0.39, 0.29) is 5.54 Å². The largest absolute Gasteiger partial charge is 0.369 e. The van der Waals surface area contributed by atoms with Crippen molar-refractivity contribution in [3.05, 3.63) is 11.9 Å². The van der Waals surface area contributed by atoms with Crippen molar-refractivity contribution in [2.75, 3.05) is 34.8 Å². The van der Waals surface area contributed by atoms with E-state index in [9.17, 15) is 0 Å². The van der Waals surface area contributed by atoms with Gasteiger partial charge in [0.25, 0.3) is 0 Å². The van der Waals surface area contributed by atoms with Crippen molar-refractivity contribution in [3.8, 4) is 0 Å². The van der Waals surface area contributed by atoms with E-state index in [0.717, 1.165) is 16.6 Å². The van der Waals surface area contributed by atoms with E-state index in [0.29, 0.717) is 6.61 Å². The van der Waals surface area contributed by atoms with Crippen LogP contribution in [0.4, 0.5) is 0 Å². The Bertz CT molecular complexity index is 418. The zero-order valence-electron chi connectivity index (χ0n) is 15.3. The molecule has 0 saturated heterocycles. The second-order valence-corrected chi connectivity index (χ2v) is 7.21. The van der Waals surface area contributed by atoms with Gasteiger partial charge in [0, 0.05) is 13.5 Å². The first-order valence-electron chi connectivity index (χ1n) is 7.36. The number of ether oxygens (including phenoxy) is 1. The summed E-state index contributed by atoms with van der Waals surface area (Å²) in [5, 5.41) is 8.10. The van der Waals surface area contributed by atoms with Gasteiger partial charge >= 0.3 is 0 Å². The summed E-state index contributed by atoms with van der Waals surface area (Å²) < 4.78 is 8.66. The maximum Gasteiger partial charge on any atom is 0.114 e. The number of quaternary nitrogens is 1. The van der Waals surface area contributed by atoms with Crippen LogP contribution in [0.5, 0.6) is 0 Å². The third-order valence-corrected chi connectivity index (χ3v) is 4.21. The number of aryl methyl sites for hydroxylation is 1. The van der Waals surface area contributed by atoms with Crippen molar-refractivity contribution < 1.29 is 9.22 Å². The SMILES string of the molecule is CN.Cn1cc(C(C)(C)OCCC(C)(C)[N+](C)(C)C)nn1. The van der Waals surface area contributed by atoms with Gasteiger partial charge in [0.05, 0.1) is 39.5 Å². The molecule has 0 aliphatic heterocycles. The first-order chi connectivity index (χ1) is 9.46. The lowest BCUT2D eigenvalue weighted by atomic mass is 9.97. The van der Waals surface area contributed by atoms with E-state index in [2.05, 4.69) is 51.0 Å². The summed E-state index contributed by atoms with van der Waals surface area (Å²) in [5.41, 5.74) is 5.16. The Morgan fingerprint density at radius 1 is 1.19 bits per heavy atom. The van der Waals surface area contributed by atoms with Crippen LogP contribution in [0.15, 0.2) is 6.20 Å². The molecule has 1 heterocycles. The number of hydrogen-bond acceptors (Lipinski definition) is 4. The van der Waals surface area contributed by atoms with Crippen LogP contribution in [0.3, 0.4) is 0 Å². The van der Waals surface area contributed by atoms with Gasteiger partial charge in [-0.25, -0.2) is 0 Å². The third kappa shape index (κ3) is 5.73. The van der Waals surface area contributed by atoms with Gasteiger partial charge in [0.15, 0.2) is 0 Å². The normalized spacial score (nSPS) is 12.9. The highest BCUT2D eigenvalue weighted by Crippen LogP contribution is 2.26. The summed E-state index contributed by atoms with van der Waals surface area (Å²) in [6.07, 6.45) is 2.91. The molecular weight excluding hydrogens is 266 g/mol. The summed E-state index contributed by atoms with van der Waals surface area (Å²) >= 11 is 0. The Balaban J connectivity index is 0.00000191.